The zero-order chi connectivity index (χ0) is 19.5. The molecule has 3 aromatic rings. The summed E-state index contributed by atoms with van der Waals surface area (Å²) in [6.45, 7) is 3.11. The number of nitrogens with one attached hydrogen (secondary N) is 1. The van der Waals surface area contributed by atoms with Gasteiger partial charge in [0.1, 0.15) is 5.65 Å². The van der Waals surface area contributed by atoms with E-state index >= 15 is 0 Å². The third-order valence-corrected chi connectivity index (χ3v) is 5.25. The summed E-state index contributed by atoms with van der Waals surface area (Å²) in [7, 11) is 0. The van der Waals surface area contributed by atoms with E-state index in [-0.39, 0.29) is 17.9 Å². The first-order chi connectivity index (χ1) is 13.6. The van der Waals surface area contributed by atoms with Crippen molar-refractivity contribution in [2.45, 2.75) is 32.2 Å². The summed E-state index contributed by atoms with van der Waals surface area (Å²) in [5.74, 6) is -0.102. The third kappa shape index (κ3) is 3.76. The van der Waals surface area contributed by atoms with Crippen LogP contribution in [0.3, 0.4) is 0 Å². The second kappa shape index (κ2) is 7.84. The molecule has 0 spiro atoms. The van der Waals surface area contributed by atoms with Crippen LogP contribution in [0.25, 0.3) is 5.65 Å². The highest BCUT2D eigenvalue weighted by molar-refractivity contribution is 5.96. The van der Waals surface area contributed by atoms with E-state index in [1.165, 1.54) is 0 Å². The number of carbonyl (C=O) groups is 2. The summed E-state index contributed by atoms with van der Waals surface area (Å²) >= 11 is 0. The summed E-state index contributed by atoms with van der Waals surface area (Å²) < 4.78 is 1.92. The van der Waals surface area contributed by atoms with Crippen LogP contribution in [0.5, 0.6) is 0 Å². The minimum Gasteiger partial charge on any atom is -0.350 e. The van der Waals surface area contributed by atoms with Crippen LogP contribution in [0.15, 0.2) is 54.9 Å². The van der Waals surface area contributed by atoms with Crippen molar-refractivity contribution in [3.63, 3.8) is 0 Å². The fourth-order valence-electron chi connectivity index (χ4n) is 3.79. The van der Waals surface area contributed by atoms with Crippen LogP contribution in [0, 0.1) is 6.92 Å². The van der Waals surface area contributed by atoms with E-state index in [1.807, 2.05) is 58.9 Å². The van der Waals surface area contributed by atoms with E-state index in [4.69, 9.17) is 0 Å². The molecule has 4 rings (SSSR count). The van der Waals surface area contributed by atoms with Crippen molar-refractivity contribution in [3.05, 3.63) is 71.7 Å². The van der Waals surface area contributed by atoms with Crippen molar-refractivity contribution < 1.29 is 9.59 Å². The number of hydrogen-bond acceptors (Lipinski definition) is 3. The molecule has 6 heteroatoms. The Morgan fingerprint density at radius 3 is 2.79 bits per heavy atom. The number of likely N-dealkylation sites (tertiary alicyclic amines) is 1. The molecule has 0 saturated carbocycles. The van der Waals surface area contributed by atoms with E-state index in [0.717, 1.165) is 30.6 Å². The lowest BCUT2D eigenvalue weighted by molar-refractivity contribution is 0.0602. The molecule has 2 amide bonds. The monoisotopic (exact) mass is 376 g/mol. The molecule has 0 aliphatic carbocycles. The molecule has 1 aliphatic heterocycles. The molecule has 1 aromatic carbocycles. The van der Waals surface area contributed by atoms with Gasteiger partial charge in [0.15, 0.2) is 0 Å². The lowest BCUT2D eigenvalue weighted by Crippen LogP contribution is -2.49. The van der Waals surface area contributed by atoms with Gasteiger partial charge < -0.3 is 14.6 Å². The smallest absolute Gasteiger partial charge is 0.254 e. The first-order valence-electron chi connectivity index (χ1n) is 9.71. The maximum Gasteiger partial charge on any atom is 0.254 e. The first kappa shape index (κ1) is 18.2. The van der Waals surface area contributed by atoms with Crippen molar-refractivity contribution in [2.75, 3.05) is 13.1 Å². The minimum atomic E-state index is -0.104. The molecule has 144 valence electrons. The Bertz CT molecular complexity index is 996. The van der Waals surface area contributed by atoms with Gasteiger partial charge in [-0.2, -0.15) is 0 Å². The van der Waals surface area contributed by atoms with Gasteiger partial charge in [-0.1, -0.05) is 18.2 Å². The van der Waals surface area contributed by atoms with Crippen LogP contribution < -0.4 is 5.32 Å². The highest BCUT2D eigenvalue weighted by atomic mass is 16.2. The number of amides is 2. The summed E-state index contributed by atoms with van der Waals surface area (Å²) in [6, 6.07) is 12.8. The first-order valence-corrected chi connectivity index (χ1v) is 9.71. The molecule has 1 fully saturated rings. The highest BCUT2D eigenvalue weighted by Crippen LogP contribution is 2.20. The third-order valence-electron chi connectivity index (χ3n) is 5.25. The lowest BCUT2D eigenvalue weighted by atomic mass is 10.0. The van der Waals surface area contributed by atoms with Gasteiger partial charge in [-0.3, -0.25) is 9.59 Å². The van der Waals surface area contributed by atoms with Crippen LogP contribution in [-0.4, -0.2) is 45.2 Å². The number of nitrogens with zero attached hydrogens (tertiary/aromatic N) is 3. The fraction of sp³-hybridized carbons (Fsp3) is 0.318. The predicted molar refractivity (Wildman–Crippen MR) is 107 cm³/mol. The number of imidazole rings is 1. The number of piperidine rings is 1. The lowest BCUT2D eigenvalue weighted by Gasteiger charge is -2.36. The van der Waals surface area contributed by atoms with Crippen molar-refractivity contribution in [2.24, 2.45) is 0 Å². The number of pyridine rings is 1. The Kier molecular flexibility index (Phi) is 5.10. The quantitative estimate of drug-likeness (QED) is 0.761. The number of aryl methyl sites for hydroxylation is 1. The van der Waals surface area contributed by atoms with Crippen LogP contribution in [0.1, 0.15) is 45.7 Å². The van der Waals surface area contributed by atoms with Gasteiger partial charge in [0.25, 0.3) is 11.8 Å². The van der Waals surface area contributed by atoms with Crippen molar-refractivity contribution in [3.8, 4) is 0 Å². The topological polar surface area (TPSA) is 66.7 Å². The SMILES string of the molecule is Cc1cn2ccc(C(=O)N3CCCCC3CNC(=O)c3ccccc3)cc2n1. The number of aromatic nitrogens is 2. The molecule has 28 heavy (non-hydrogen) atoms. The summed E-state index contributed by atoms with van der Waals surface area (Å²) in [4.78, 5) is 31.9. The van der Waals surface area contributed by atoms with Crippen molar-refractivity contribution in [1.82, 2.24) is 19.6 Å². The van der Waals surface area contributed by atoms with Gasteiger partial charge in [-0.05, 0) is 50.5 Å². The standard InChI is InChI=1S/C22H24N4O2/c1-16-15-25-12-10-18(13-20(25)24-16)22(28)26-11-6-5-9-19(26)14-23-21(27)17-7-3-2-4-8-17/h2-4,7-8,10,12-13,15,19H,5-6,9,11,14H2,1H3,(H,23,27). The molecule has 0 radical (unpaired) electrons. The highest BCUT2D eigenvalue weighted by Gasteiger charge is 2.28. The van der Waals surface area contributed by atoms with Gasteiger partial charge in [0.2, 0.25) is 0 Å². The van der Waals surface area contributed by atoms with E-state index in [9.17, 15) is 9.59 Å². The zero-order valence-corrected chi connectivity index (χ0v) is 16.0. The maximum atomic E-state index is 13.2. The molecule has 1 atom stereocenters. The Labute approximate surface area is 164 Å². The van der Waals surface area contributed by atoms with Crippen LogP contribution >= 0.6 is 0 Å². The molecule has 3 heterocycles. The van der Waals surface area contributed by atoms with Gasteiger partial charge in [-0.25, -0.2) is 4.98 Å². The molecule has 1 N–H and O–H groups in total. The van der Waals surface area contributed by atoms with Crippen LogP contribution in [0.4, 0.5) is 0 Å². The van der Waals surface area contributed by atoms with Crippen LogP contribution in [0.2, 0.25) is 0 Å². The second-order valence-corrected chi connectivity index (χ2v) is 7.29. The van der Waals surface area contributed by atoms with Crippen molar-refractivity contribution in [1.29, 1.82) is 0 Å². The second-order valence-electron chi connectivity index (χ2n) is 7.29. The Morgan fingerprint density at radius 1 is 1.14 bits per heavy atom. The minimum absolute atomic E-state index is 0.00168. The van der Waals surface area contributed by atoms with Gasteiger partial charge in [0, 0.05) is 42.7 Å². The number of carbonyl (C=O) groups excluding carboxylic acids is 2. The van der Waals surface area contributed by atoms with Gasteiger partial charge >= 0.3 is 0 Å². The molecule has 1 saturated heterocycles. The predicted octanol–water partition coefficient (Wildman–Crippen LogP) is 3.07. The molecule has 0 bridgehead atoms. The summed E-state index contributed by atoms with van der Waals surface area (Å²) in [5, 5.41) is 2.99. The normalized spacial score (nSPS) is 16.9. The average molecular weight is 376 g/mol. The number of fused-ring (bicyclic) bond motifs is 1. The molecule has 2 aromatic heterocycles. The molecule has 1 aliphatic rings. The molecule has 6 nitrogen and oxygen atoms in total. The summed E-state index contributed by atoms with van der Waals surface area (Å²) in [6.07, 6.45) is 6.75. The largest absolute Gasteiger partial charge is 0.350 e. The maximum absolute atomic E-state index is 13.2. The number of benzene rings is 1. The van der Waals surface area contributed by atoms with Gasteiger partial charge in [-0.15, -0.1) is 0 Å². The van der Waals surface area contributed by atoms with Crippen LogP contribution in [-0.2, 0) is 0 Å². The number of rotatable bonds is 4. The van der Waals surface area contributed by atoms with Gasteiger partial charge in [0.05, 0.1) is 5.69 Å². The Balaban J connectivity index is 1.47. The molecular formula is C22H24N4O2. The van der Waals surface area contributed by atoms with E-state index < -0.39 is 0 Å². The average Bonchev–Trinajstić information content (AvgIpc) is 3.11. The van der Waals surface area contributed by atoms with E-state index in [1.54, 1.807) is 12.1 Å². The van der Waals surface area contributed by atoms with E-state index in [0.29, 0.717) is 24.2 Å². The van der Waals surface area contributed by atoms with Crippen molar-refractivity contribution >= 4 is 17.5 Å². The Hall–Kier alpha value is -3.15. The molecular weight excluding hydrogens is 352 g/mol. The fourth-order valence-corrected chi connectivity index (χ4v) is 3.79. The zero-order valence-electron chi connectivity index (χ0n) is 16.0. The van der Waals surface area contributed by atoms with E-state index in [2.05, 4.69) is 10.3 Å². The summed E-state index contributed by atoms with van der Waals surface area (Å²) in [5.41, 5.74) is 2.97. The Morgan fingerprint density at radius 2 is 1.96 bits per heavy atom. The molecule has 1 unspecified atom stereocenters. The number of hydrogen-bond donors (Lipinski definition) is 1.